The number of para-hydroxylation sites is 1. The molecular weight excluding hydrogens is 408 g/mol. The Labute approximate surface area is 191 Å². The Hall–Kier alpha value is -2.60. The van der Waals surface area contributed by atoms with Crippen LogP contribution in [-0.2, 0) is 0 Å². The summed E-state index contributed by atoms with van der Waals surface area (Å²) in [7, 11) is 0. The summed E-state index contributed by atoms with van der Waals surface area (Å²) in [5.41, 5.74) is 1.25. The maximum atomic E-state index is 12.6. The molecule has 2 aromatic carbocycles. The number of anilines is 1. The Bertz CT molecular complexity index is 809. The van der Waals surface area contributed by atoms with E-state index in [1.807, 2.05) is 30.3 Å². The summed E-state index contributed by atoms with van der Waals surface area (Å²) in [6.07, 6.45) is 8.04. The van der Waals surface area contributed by atoms with Gasteiger partial charge in [-0.05, 0) is 61.5 Å². The van der Waals surface area contributed by atoms with Gasteiger partial charge in [0.05, 0.1) is 18.8 Å². The van der Waals surface area contributed by atoms with Gasteiger partial charge in [-0.15, -0.1) is 0 Å². The van der Waals surface area contributed by atoms with Crippen LogP contribution in [0.4, 0.5) is 5.69 Å². The summed E-state index contributed by atoms with van der Waals surface area (Å²) in [4.78, 5) is 12.6. The summed E-state index contributed by atoms with van der Waals surface area (Å²) in [5, 5.41) is 5.99. The summed E-state index contributed by atoms with van der Waals surface area (Å²) < 4.78 is 11.5. The van der Waals surface area contributed by atoms with Crippen molar-refractivity contribution in [1.82, 2.24) is 5.32 Å². The quantitative estimate of drug-likeness (QED) is 0.280. The van der Waals surface area contributed by atoms with Gasteiger partial charge in [0.2, 0.25) is 0 Å². The highest BCUT2D eigenvalue weighted by Gasteiger charge is 2.13. The Morgan fingerprint density at radius 2 is 1.52 bits per heavy atom. The van der Waals surface area contributed by atoms with Crippen molar-refractivity contribution >= 4 is 28.9 Å². The third-order valence-electron chi connectivity index (χ3n) is 4.74. The minimum atomic E-state index is -0.298. The smallest absolute Gasteiger partial charge is 0.261 e. The van der Waals surface area contributed by atoms with Crippen molar-refractivity contribution in [2.75, 3.05) is 18.5 Å². The highest BCUT2D eigenvalue weighted by atomic mass is 32.1. The second-order valence-electron chi connectivity index (χ2n) is 7.39. The molecule has 2 aromatic rings. The van der Waals surface area contributed by atoms with Gasteiger partial charge in [0, 0.05) is 5.69 Å². The molecular formula is C25H34N2O3S. The molecule has 31 heavy (non-hydrogen) atoms. The first-order valence-electron chi connectivity index (χ1n) is 11.2. The van der Waals surface area contributed by atoms with Crippen LogP contribution in [-0.4, -0.2) is 24.2 Å². The van der Waals surface area contributed by atoms with Gasteiger partial charge in [0.1, 0.15) is 11.5 Å². The molecule has 0 atom stereocenters. The number of thiocarbonyl (C=S) groups is 1. The summed E-state index contributed by atoms with van der Waals surface area (Å²) in [5.74, 6) is 1.09. The monoisotopic (exact) mass is 442 g/mol. The minimum Gasteiger partial charge on any atom is -0.494 e. The number of hydrogen-bond acceptors (Lipinski definition) is 4. The number of ether oxygens (including phenoxy) is 2. The van der Waals surface area contributed by atoms with Crippen molar-refractivity contribution in [3.8, 4) is 11.5 Å². The van der Waals surface area contributed by atoms with Gasteiger partial charge in [0.25, 0.3) is 5.91 Å². The zero-order valence-corrected chi connectivity index (χ0v) is 19.4. The van der Waals surface area contributed by atoms with Crippen LogP contribution in [0.1, 0.15) is 69.2 Å². The molecule has 0 aliphatic carbocycles. The number of carbonyl (C=O) groups excluding carboxylic acids is 1. The van der Waals surface area contributed by atoms with E-state index in [9.17, 15) is 4.79 Å². The summed E-state index contributed by atoms with van der Waals surface area (Å²) in [6, 6.07) is 14.7. The van der Waals surface area contributed by atoms with Crippen molar-refractivity contribution < 1.29 is 14.3 Å². The first-order chi connectivity index (χ1) is 15.1. The lowest BCUT2D eigenvalue weighted by Gasteiger charge is -2.13. The van der Waals surface area contributed by atoms with E-state index < -0.39 is 0 Å². The molecule has 168 valence electrons. The highest BCUT2D eigenvalue weighted by Crippen LogP contribution is 2.19. The average molecular weight is 443 g/mol. The van der Waals surface area contributed by atoms with Crippen LogP contribution in [0.2, 0.25) is 0 Å². The lowest BCUT2D eigenvalue weighted by Crippen LogP contribution is -2.34. The van der Waals surface area contributed by atoms with Gasteiger partial charge in [0.15, 0.2) is 5.11 Å². The SMILES string of the molecule is CCCCCCCOc1ccc(NC(=S)NC(=O)c2ccccc2OCCCC)cc1. The number of amides is 1. The molecule has 0 fully saturated rings. The number of rotatable bonds is 13. The van der Waals surface area contributed by atoms with Crippen LogP contribution in [0.3, 0.4) is 0 Å². The molecule has 2 rings (SSSR count). The Morgan fingerprint density at radius 3 is 2.26 bits per heavy atom. The van der Waals surface area contributed by atoms with Gasteiger partial charge in [-0.1, -0.05) is 58.1 Å². The van der Waals surface area contributed by atoms with E-state index >= 15 is 0 Å². The molecule has 0 bridgehead atoms. The van der Waals surface area contributed by atoms with E-state index in [1.54, 1.807) is 18.2 Å². The number of unbranched alkanes of at least 4 members (excludes halogenated alkanes) is 5. The van der Waals surface area contributed by atoms with Crippen molar-refractivity contribution in [1.29, 1.82) is 0 Å². The molecule has 6 heteroatoms. The van der Waals surface area contributed by atoms with Crippen LogP contribution < -0.4 is 20.1 Å². The Balaban J connectivity index is 1.80. The lowest BCUT2D eigenvalue weighted by atomic mass is 10.2. The van der Waals surface area contributed by atoms with Crippen LogP contribution >= 0.6 is 12.2 Å². The van der Waals surface area contributed by atoms with Crippen molar-refractivity contribution in [3.05, 3.63) is 54.1 Å². The maximum Gasteiger partial charge on any atom is 0.261 e. The topological polar surface area (TPSA) is 59.6 Å². The van der Waals surface area contributed by atoms with Crippen molar-refractivity contribution in [2.45, 2.75) is 58.8 Å². The Kier molecular flexibility index (Phi) is 11.5. The van der Waals surface area contributed by atoms with Gasteiger partial charge < -0.3 is 14.8 Å². The van der Waals surface area contributed by atoms with Crippen LogP contribution in [0.15, 0.2) is 48.5 Å². The molecule has 2 N–H and O–H groups in total. The van der Waals surface area contributed by atoms with Crippen LogP contribution in [0.25, 0.3) is 0 Å². The van der Waals surface area contributed by atoms with Gasteiger partial charge >= 0.3 is 0 Å². The summed E-state index contributed by atoms with van der Waals surface area (Å²) in [6.45, 7) is 5.62. The number of benzene rings is 2. The average Bonchev–Trinajstić information content (AvgIpc) is 2.77. The number of carbonyl (C=O) groups is 1. The second-order valence-corrected chi connectivity index (χ2v) is 7.80. The Morgan fingerprint density at radius 1 is 0.839 bits per heavy atom. The fraction of sp³-hybridized carbons (Fsp3) is 0.440. The molecule has 5 nitrogen and oxygen atoms in total. The van der Waals surface area contributed by atoms with Gasteiger partial charge in [-0.25, -0.2) is 0 Å². The molecule has 0 aliphatic rings. The molecule has 0 spiro atoms. The fourth-order valence-electron chi connectivity index (χ4n) is 2.97. The van der Waals surface area contributed by atoms with Gasteiger partial charge in [-0.3, -0.25) is 10.1 Å². The van der Waals surface area contributed by atoms with Crippen LogP contribution in [0, 0.1) is 0 Å². The van der Waals surface area contributed by atoms with E-state index in [4.69, 9.17) is 21.7 Å². The molecule has 0 aliphatic heterocycles. The minimum absolute atomic E-state index is 0.234. The predicted molar refractivity (Wildman–Crippen MR) is 131 cm³/mol. The van der Waals surface area contributed by atoms with Gasteiger partial charge in [-0.2, -0.15) is 0 Å². The van der Waals surface area contributed by atoms with E-state index in [2.05, 4.69) is 24.5 Å². The fourth-order valence-corrected chi connectivity index (χ4v) is 3.18. The van der Waals surface area contributed by atoms with E-state index in [1.165, 1.54) is 25.7 Å². The maximum absolute atomic E-state index is 12.6. The summed E-state index contributed by atoms with van der Waals surface area (Å²) >= 11 is 5.30. The highest BCUT2D eigenvalue weighted by molar-refractivity contribution is 7.80. The third kappa shape index (κ3) is 9.39. The third-order valence-corrected chi connectivity index (χ3v) is 4.95. The number of hydrogen-bond donors (Lipinski definition) is 2. The van der Waals surface area contributed by atoms with E-state index in [0.29, 0.717) is 17.9 Å². The molecule has 0 saturated heterocycles. The normalized spacial score (nSPS) is 10.4. The first kappa shape index (κ1) is 24.7. The molecule has 0 aromatic heterocycles. The zero-order valence-electron chi connectivity index (χ0n) is 18.6. The second kappa shape index (κ2) is 14.4. The zero-order chi connectivity index (χ0) is 22.3. The first-order valence-corrected chi connectivity index (χ1v) is 11.6. The largest absolute Gasteiger partial charge is 0.494 e. The molecule has 0 radical (unpaired) electrons. The number of nitrogens with one attached hydrogen (secondary N) is 2. The molecule has 1 amide bonds. The predicted octanol–water partition coefficient (Wildman–Crippen LogP) is 6.34. The molecule has 0 unspecified atom stereocenters. The van der Waals surface area contributed by atoms with E-state index in [0.717, 1.165) is 37.3 Å². The van der Waals surface area contributed by atoms with Crippen LogP contribution in [0.5, 0.6) is 11.5 Å². The lowest BCUT2D eigenvalue weighted by molar-refractivity contribution is 0.0973. The van der Waals surface area contributed by atoms with Crippen molar-refractivity contribution in [3.63, 3.8) is 0 Å². The standard InChI is InChI=1S/C25H34N2O3S/c1-3-5-7-8-11-19-29-21-16-14-20(15-17-21)26-25(31)27-24(28)22-12-9-10-13-23(22)30-18-6-4-2/h9-10,12-17H,3-8,11,18-19H2,1-2H3,(H2,26,27,28,31). The van der Waals surface area contributed by atoms with Crippen molar-refractivity contribution in [2.24, 2.45) is 0 Å². The molecule has 0 heterocycles. The van der Waals surface area contributed by atoms with E-state index in [-0.39, 0.29) is 11.0 Å². The molecule has 0 saturated carbocycles.